The van der Waals surface area contributed by atoms with Gasteiger partial charge in [0.2, 0.25) is 11.1 Å². The lowest BCUT2D eigenvalue weighted by Crippen LogP contribution is -2.14. The molecule has 1 amide bonds. The molecule has 1 aromatic heterocycles. The first-order valence-corrected chi connectivity index (χ1v) is 9.07. The Bertz CT molecular complexity index is 900. The van der Waals surface area contributed by atoms with E-state index in [4.69, 9.17) is 34.8 Å². The van der Waals surface area contributed by atoms with Gasteiger partial charge in [-0.2, -0.15) is 4.68 Å². The molecule has 3 rings (SSSR count). The molecule has 0 saturated heterocycles. The number of nitrogens with one attached hydrogen (secondary N) is 1. The van der Waals surface area contributed by atoms with Gasteiger partial charge in [-0.3, -0.25) is 4.79 Å². The van der Waals surface area contributed by atoms with Gasteiger partial charge in [0.15, 0.2) is 0 Å². The summed E-state index contributed by atoms with van der Waals surface area (Å²) in [5, 5.41) is 16.2. The van der Waals surface area contributed by atoms with Crippen molar-refractivity contribution < 1.29 is 4.79 Å². The van der Waals surface area contributed by atoms with Crippen LogP contribution < -0.4 is 5.32 Å². The highest BCUT2D eigenvalue weighted by Crippen LogP contribution is 2.25. The van der Waals surface area contributed by atoms with E-state index in [1.165, 1.54) is 16.4 Å². The zero-order chi connectivity index (χ0) is 17.8. The van der Waals surface area contributed by atoms with E-state index >= 15 is 0 Å². The first-order chi connectivity index (χ1) is 12.0. The number of carbonyl (C=O) groups excluding carboxylic acids is 1. The van der Waals surface area contributed by atoms with Crippen molar-refractivity contribution in [2.45, 2.75) is 5.16 Å². The first kappa shape index (κ1) is 18.0. The molecule has 1 heterocycles. The number of anilines is 1. The Morgan fingerprint density at radius 3 is 2.56 bits per heavy atom. The van der Waals surface area contributed by atoms with E-state index in [-0.39, 0.29) is 11.7 Å². The average Bonchev–Trinajstić information content (AvgIpc) is 3.06. The van der Waals surface area contributed by atoms with Gasteiger partial charge in [0.05, 0.1) is 21.5 Å². The molecule has 25 heavy (non-hydrogen) atoms. The summed E-state index contributed by atoms with van der Waals surface area (Å²) in [4.78, 5) is 12.1. The fraction of sp³-hybridized carbons (Fsp3) is 0.0667. The van der Waals surface area contributed by atoms with Crippen LogP contribution in [0.15, 0.2) is 47.6 Å². The number of amides is 1. The Hall–Kier alpha value is -1.80. The van der Waals surface area contributed by atoms with Crippen LogP contribution in [-0.2, 0) is 4.79 Å². The van der Waals surface area contributed by atoms with Crippen molar-refractivity contribution in [3.63, 3.8) is 0 Å². The number of tetrazole rings is 1. The SMILES string of the molecule is O=C(CSc1nnnn1-c1ccc(Cl)cc1)Nc1ccc(Cl)c(Cl)c1. The van der Waals surface area contributed by atoms with Gasteiger partial charge in [-0.15, -0.1) is 5.10 Å². The zero-order valence-corrected chi connectivity index (χ0v) is 15.6. The molecule has 2 aromatic carbocycles. The summed E-state index contributed by atoms with van der Waals surface area (Å²) < 4.78 is 1.54. The van der Waals surface area contributed by atoms with Crippen LogP contribution in [0.3, 0.4) is 0 Å². The summed E-state index contributed by atoms with van der Waals surface area (Å²) >= 11 is 18.9. The minimum Gasteiger partial charge on any atom is -0.325 e. The third-order valence-electron chi connectivity index (χ3n) is 3.05. The fourth-order valence-electron chi connectivity index (χ4n) is 1.91. The molecule has 0 fully saturated rings. The molecule has 10 heteroatoms. The molecule has 0 unspecified atom stereocenters. The van der Waals surface area contributed by atoms with Crippen LogP contribution in [0.2, 0.25) is 15.1 Å². The van der Waals surface area contributed by atoms with Gasteiger partial charge in [0.1, 0.15) is 0 Å². The number of carbonyl (C=O) groups is 1. The quantitative estimate of drug-likeness (QED) is 0.628. The second-order valence-corrected chi connectivity index (χ2v) is 7.01. The summed E-state index contributed by atoms with van der Waals surface area (Å²) in [6.45, 7) is 0. The minimum absolute atomic E-state index is 0.133. The van der Waals surface area contributed by atoms with Crippen molar-refractivity contribution in [3.05, 3.63) is 57.5 Å². The molecule has 0 atom stereocenters. The predicted molar refractivity (Wildman–Crippen MR) is 100.0 cm³/mol. The number of benzene rings is 2. The second kappa shape index (κ2) is 8.05. The largest absolute Gasteiger partial charge is 0.325 e. The van der Waals surface area contributed by atoms with Crippen LogP contribution in [-0.4, -0.2) is 31.9 Å². The van der Waals surface area contributed by atoms with Crippen LogP contribution in [0.4, 0.5) is 5.69 Å². The molecule has 0 bridgehead atoms. The summed E-state index contributed by atoms with van der Waals surface area (Å²) in [7, 11) is 0. The van der Waals surface area contributed by atoms with Gasteiger partial charge in [-0.1, -0.05) is 46.6 Å². The van der Waals surface area contributed by atoms with Crippen molar-refractivity contribution in [1.82, 2.24) is 20.2 Å². The van der Waals surface area contributed by atoms with Gasteiger partial charge in [-0.05, 0) is 52.9 Å². The highest BCUT2D eigenvalue weighted by atomic mass is 35.5. The van der Waals surface area contributed by atoms with Crippen molar-refractivity contribution in [3.8, 4) is 5.69 Å². The van der Waals surface area contributed by atoms with E-state index in [1.54, 1.807) is 42.5 Å². The highest BCUT2D eigenvalue weighted by molar-refractivity contribution is 7.99. The van der Waals surface area contributed by atoms with Crippen LogP contribution in [0.5, 0.6) is 0 Å². The minimum atomic E-state index is -0.214. The molecule has 0 aliphatic heterocycles. The number of aromatic nitrogens is 4. The second-order valence-electron chi connectivity index (χ2n) is 4.82. The number of thioether (sulfide) groups is 1. The Morgan fingerprint density at radius 1 is 1.08 bits per heavy atom. The highest BCUT2D eigenvalue weighted by Gasteiger charge is 2.12. The molecule has 0 radical (unpaired) electrons. The Labute approximate surface area is 162 Å². The van der Waals surface area contributed by atoms with Crippen LogP contribution in [0.1, 0.15) is 0 Å². The van der Waals surface area contributed by atoms with Gasteiger partial charge in [-0.25, -0.2) is 0 Å². The van der Waals surface area contributed by atoms with E-state index in [0.717, 1.165) is 5.69 Å². The summed E-state index contributed by atoms with van der Waals surface area (Å²) in [5.41, 5.74) is 1.32. The van der Waals surface area contributed by atoms with Crippen molar-refractivity contribution in [2.75, 3.05) is 11.1 Å². The lowest BCUT2D eigenvalue weighted by Gasteiger charge is -2.07. The molecular weight excluding hydrogens is 405 g/mol. The molecule has 6 nitrogen and oxygen atoms in total. The van der Waals surface area contributed by atoms with E-state index in [9.17, 15) is 4.79 Å². The molecule has 0 spiro atoms. The maximum atomic E-state index is 12.1. The van der Waals surface area contributed by atoms with Gasteiger partial charge >= 0.3 is 0 Å². The average molecular weight is 415 g/mol. The maximum Gasteiger partial charge on any atom is 0.234 e. The topological polar surface area (TPSA) is 72.7 Å². The maximum absolute atomic E-state index is 12.1. The molecule has 0 aliphatic carbocycles. The monoisotopic (exact) mass is 413 g/mol. The van der Waals surface area contributed by atoms with Crippen LogP contribution in [0.25, 0.3) is 5.69 Å². The Morgan fingerprint density at radius 2 is 1.84 bits per heavy atom. The number of rotatable bonds is 5. The summed E-state index contributed by atoms with van der Waals surface area (Å²) in [6, 6.07) is 11.9. The smallest absolute Gasteiger partial charge is 0.234 e. The van der Waals surface area contributed by atoms with Gasteiger partial charge < -0.3 is 5.32 Å². The fourth-order valence-corrected chi connectivity index (χ4v) is 3.03. The number of hydrogen-bond donors (Lipinski definition) is 1. The molecule has 3 aromatic rings. The van der Waals surface area contributed by atoms with Crippen molar-refractivity contribution in [1.29, 1.82) is 0 Å². The third-order valence-corrected chi connectivity index (χ3v) is 4.96. The normalized spacial score (nSPS) is 10.7. The van der Waals surface area contributed by atoms with Gasteiger partial charge in [0.25, 0.3) is 0 Å². The van der Waals surface area contributed by atoms with Crippen molar-refractivity contribution in [2.24, 2.45) is 0 Å². The molecule has 128 valence electrons. The van der Waals surface area contributed by atoms with Crippen LogP contribution >= 0.6 is 46.6 Å². The number of halogens is 3. The number of hydrogen-bond acceptors (Lipinski definition) is 5. The lowest BCUT2D eigenvalue weighted by atomic mass is 10.3. The standard InChI is InChI=1S/C15H10Cl3N5OS/c16-9-1-4-11(5-2-9)23-15(20-21-22-23)25-8-14(24)19-10-3-6-12(17)13(18)7-10/h1-7H,8H2,(H,19,24). The lowest BCUT2D eigenvalue weighted by molar-refractivity contribution is -0.113. The van der Waals surface area contributed by atoms with Crippen molar-refractivity contribution >= 4 is 58.2 Å². The van der Waals surface area contributed by atoms with E-state index in [1.807, 2.05) is 0 Å². The number of nitrogens with zero attached hydrogens (tertiary/aromatic N) is 4. The van der Waals surface area contributed by atoms with E-state index < -0.39 is 0 Å². The Kier molecular flexibility index (Phi) is 5.80. The first-order valence-electron chi connectivity index (χ1n) is 6.95. The summed E-state index contributed by atoms with van der Waals surface area (Å²) in [5.74, 6) is -0.0807. The van der Waals surface area contributed by atoms with Gasteiger partial charge in [0, 0.05) is 10.7 Å². The molecular formula is C15H10Cl3N5OS. The van der Waals surface area contributed by atoms with E-state index in [0.29, 0.717) is 25.9 Å². The zero-order valence-electron chi connectivity index (χ0n) is 12.5. The summed E-state index contributed by atoms with van der Waals surface area (Å²) in [6.07, 6.45) is 0. The molecule has 0 saturated carbocycles. The predicted octanol–water partition coefficient (Wildman–Crippen LogP) is 4.35. The molecule has 0 aliphatic rings. The van der Waals surface area contributed by atoms with E-state index in [2.05, 4.69) is 20.8 Å². The Balaban J connectivity index is 1.64. The third kappa shape index (κ3) is 4.64. The molecule has 1 N–H and O–H groups in total. The van der Waals surface area contributed by atoms with Crippen LogP contribution in [0, 0.1) is 0 Å².